The summed E-state index contributed by atoms with van der Waals surface area (Å²) >= 11 is 5.93. The van der Waals surface area contributed by atoms with Gasteiger partial charge < -0.3 is 10.1 Å². The lowest BCUT2D eigenvalue weighted by molar-refractivity contribution is -0.116. The Bertz CT molecular complexity index is 352. The largest absolute Gasteiger partial charge is 0.497 e. The van der Waals surface area contributed by atoms with E-state index in [1.807, 2.05) is 6.92 Å². The molecule has 0 atom stereocenters. The molecule has 1 amide bonds. The number of amides is 1. The van der Waals surface area contributed by atoms with E-state index in [0.29, 0.717) is 22.9 Å². The van der Waals surface area contributed by atoms with Gasteiger partial charge in [0.25, 0.3) is 0 Å². The Morgan fingerprint density at radius 3 is 2.87 bits per heavy atom. The summed E-state index contributed by atoms with van der Waals surface area (Å²) in [5.41, 5.74) is 0.592. The Kier molecular flexibility index (Phi) is 4.43. The second kappa shape index (κ2) is 5.61. The lowest BCUT2D eigenvalue weighted by Gasteiger charge is -2.08. The molecule has 1 aromatic rings. The van der Waals surface area contributed by atoms with Gasteiger partial charge in [-0.3, -0.25) is 4.79 Å². The molecule has 0 aliphatic heterocycles. The third-order valence-electron chi connectivity index (χ3n) is 1.92. The van der Waals surface area contributed by atoms with E-state index < -0.39 is 0 Å². The highest BCUT2D eigenvalue weighted by atomic mass is 35.5. The number of benzene rings is 1. The van der Waals surface area contributed by atoms with Gasteiger partial charge in [0.15, 0.2) is 0 Å². The van der Waals surface area contributed by atoms with Crippen molar-refractivity contribution in [2.45, 2.75) is 19.8 Å². The van der Waals surface area contributed by atoms with Crippen molar-refractivity contribution in [2.75, 3.05) is 12.4 Å². The predicted molar refractivity (Wildman–Crippen MR) is 61.5 cm³/mol. The highest BCUT2D eigenvalue weighted by Gasteiger charge is 2.05. The number of carbonyl (C=O) groups is 1. The monoisotopic (exact) mass is 227 g/mol. The lowest BCUT2D eigenvalue weighted by atomic mass is 10.2. The van der Waals surface area contributed by atoms with Gasteiger partial charge in [-0.05, 0) is 18.6 Å². The molecule has 0 spiro atoms. The zero-order chi connectivity index (χ0) is 11.3. The first-order valence-corrected chi connectivity index (χ1v) is 5.18. The van der Waals surface area contributed by atoms with Crippen LogP contribution in [0.4, 0.5) is 5.69 Å². The predicted octanol–water partition coefficient (Wildman–Crippen LogP) is 3.09. The van der Waals surface area contributed by atoms with Crippen molar-refractivity contribution in [2.24, 2.45) is 0 Å². The lowest BCUT2D eigenvalue weighted by Crippen LogP contribution is -2.10. The Morgan fingerprint density at radius 1 is 1.53 bits per heavy atom. The number of anilines is 1. The Balaban J connectivity index is 2.79. The number of nitrogens with one attached hydrogen (secondary N) is 1. The quantitative estimate of drug-likeness (QED) is 0.859. The molecule has 0 aliphatic rings. The van der Waals surface area contributed by atoms with Gasteiger partial charge in [-0.2, -0.15) is 0 Å². The van der Waals surface area contributed by atoms with Gasteiger partial charge in [0.1, 0.15) is 5.75 Å². The molecule has 3 nitrogen and oxygen atoms in total. The number of methoxy groups -OCH3 is 1. The maximum Gasteiger partial charge on any atom is 0.224 e. The Morgan fingerprint density at radius 2 is 2.27 bits per heavy atom. The molecule has 0 heterocycles. The van der Waals surface area contributed by atoms with Crippen molar-refractivity contribution < 1.29 is 9.53 Å². The zero-order valence-electron chi connectivity index (χ0n) is 8.84. The number of hydrogen-bond donors (Lipinski definition) is 1. The third-order valence-corrected chi connectivity index (χ3v) is 2.25. The van der Waals surface area contributed by atoms with E-state index in [-0.39, 0.29) is 5.91 Å². The molecule has 1 rings (SSSR count). The van der Waals surface area contributed by atoms with Gasteiger partial charge in [-0.25, -0.2) is 0 Å². The molecule has 0 saturated carbocycles. The Labute approximate surface area is 94.4 Å². The number of hydrogen-bond acceptors (Lipinski definition) is 2. The average molecular weight is 228 g/mol. The minimum absolute atomic E-state index is 0.0346. The molecular weight excluding hydrogens is 214 g/mol. The molecule has 0 radical (unpaired) electrons. The zero-order valence-corrected chi connectivity index (χ0v) is 9.60. The molecule has 0 saturated heterocycles. The van der Waals surface area contributed by atoms with E-state index in [9.17, 15) is 4.79 Å². The van der Waals surface area contributed by atoms with Crippen LogP contribution in [0.1, 0.15) is 19.8 Å². The third kappa shape index (κ3) is 3.44. The molecule has 0 aliphatic carbocycles. The van der Waals surface area contributed by atoms with Crippen LogP contribution in [0.15, 0.2) is 18.2 Å². The fraction of sp³-hybridized carbons (Fsp3) is 0.364. The topological polar surface area (TPSA) is 38.3 Å². The smallest absolute Gasteiger partial charge is 0.224 e. The molecule has 0 fully saturated rings. The summed E-state index contributed by atoms with van der Waals surface area (Å²) in [6.07, 6.45) is 1.31. The molecule has 15 heavy (non-hydrogen) atoms. The van der Waals surface area contributed by atoms with Gasteiger partial charge in [-0.15, -0.1) is 0 Å². The van der Waals surface area contributed by atoms with Crippen LogP contribution in [-0.4, -0.2) is 13.0 Å². The fourth-order valence-corrected chi connectivity index (χ4v) is 1.33. The fourth-order valence-electron chi connectivity index (χ4n) is 1.17. The van der Waals surface area contributed by atoms with Crippen LogP contribution in [0.2, 0.25) is 5.02 Å². The van der Waals surface area contributed by atoms with Crippen LogP contribution < -0.4 is 10.1 Å². The highest BCUT2D eigenvalue weighted by Crippen LogP contribution is 2.26. The van der Waals surface area contributed by atoms with Crippen molar-refractivity contribution in [1.82, 2.24) is 0 Å². The summed E-state index contributed by atoms with van der Waals surface area (Å²) in [5.74, 6) is 0.638. The van der Waals surface area contributed by atoms with E-state index in [4.69, 9.17) is 16.3 Å². The first-order chi connectivity index (χ1) is 7.17. The number of ether oxygens (including phenoxy) is 1. The molecule has 1 N–H and O–H groups in total. The van der Waals surface area contributed by atoms with Crippen LogP contribution in [0.25, 0.3) is 0 Å². The van der Waals surface area contributed by atoms with Crippen LogP contribution in [-0.2, 0) is 4.79 Å². The van der Waals surface area contributed by atoms with E-state index in [1.165, 1.54) is 0 Å². The van der Waals surface area contributed by atoms with E-state index in [2.05, 4.69) is 5.32 Å². The van der Waals surface area contributed by atoms with Crippen LogP contribution >= 0.6 is 11.6 Å². The van der Waals surface area contributed by atoms with E-state index >= 15 is 0 Å². The second-order valence-electron chi connectivity index (χ2n) is 3.14. The highest BCUT2D eigenvalue weighted by molar-refractivity contribution is 6.33. The van der Waals surface area contributed by atoms with E-state index in [0.717, 1.165) is 6.42 Å². The Hall–Kier alpha value is -1.22. The van der Waals surface area contributed by atoms with Gasteiger partial charge >= 0.3 is 0 Å². The van der Waals surface area contributed by atoms with Gasteiger partial charge in [0, 0.05) is 12.5 Å². The molecule has 1 aromatic carbocycles. The van der Waals surface area contributed by atoms with Crippen molar-refractivity contribution in [3.8, 4) is 5.75 Å². The van der Waals surface area contributed by atoms with E-state index in [1.54, 1.807) is 25.3 Å². The molecule has 4 heteroatoms. The molecule has 0 unspecified atom stereocenters. The summed E-state index contributed by atoms with van der Waals surface area (Å²) in [7, 11) is 1.57. The normalized spacial score (nSPS) is 9.80. The van der Waals surface area contributed by atoms with Crippen LogP contribution in [0.5, 0.6) is 5.75 Å². The second-order valence-corrected chi connectivity index (χ2v) is 3.55. The first kappa shape index (κ1) is 11.9. The summed E-state index contributed by atoms with van der Waals surface area (Å²) < 4.78 is 5.04. The molecule has 0 bridgehead atoms. The van der Waals surface area contributed by atoms with Crippen molar-refractivity contribution in [3.05, 3.63) is 23.2 Å². The number of rotatable bonds is 4. The maximum absolute atomic E-state index is 11.4. The average Bonchev–Trinajstić information content (AvgIpc) is 2.21. The minimum atomic E-state index is -0.0346. The summed E-state index contributed by atoms with van der Waals surface area (Å²) in [4.78, 5) is 11.4. The first-order valence-electron chi connectivity index (χ1n) is 4.80. The van der Waals surface area contributed by atoms with Crippen molar-refractivity contribution >= 4 is 23.2 Å². The summed E-state index contributed by atoms with van der Waals surface area (Å²) in [6.45, 7) is 1.95. The molecule has 0 aromatic heterocycles. The number of carbonyl (C=O) groups excluding carboxylic acids is 1. The summed E-state index contributed by atoms with van der Waals surface area (Å²) in [5, 5.41) is 3.25. The summed E-state index contributed by atoms with van der Waals surface area (Å²) in [6, 6.07) is 5.15. The maximum atomic E-state index is 11.4. The van der Waals surface area contributed by atoms with Crippen molar-refractivity contribution in [3.63, 3.8) is 0 Å². The molecular formula is C11H14ClNO2. The van der Waals surface area contributed by atoms with Crippen LogP contribution in [0, 0.1) is 0 Å². The standard InChI is InChI=1S/C11H14ClNO2/c1-3-4-11(14)13-10-7-8(15-2)5-6-9(10)12/h5-7H,3-4H2,1-2H3,(H,13,14). The van der Waals surface area contributed by atoms with Crippen molar-refractivity contribution in [1.29, 1.82) is 0 Å². The minimum Gasteiger partial charge on any atom is -0.497 e. The SMILES string of the molecule is CCCC(=O)Nc1cc(OC)ccc1Cl. The van der Waals surface area contributed by atoms with Gasteiger partial charge in [0.2, 0.25) is 5.91 Å². The molecule has 82 valence electrons. The van der Waals surface area contributed by atoms with Crippen LogP contribution in [0.3, 0.4) is 0 Å². The number of halogens is 1. The van der Waals surface area contributed by atoms with Gasteiger partial charge in [0.05, 0.1) is 17.8 Å². The van der Waals surface area contributed by atoms with Gasteiger partial charge in [-0.1, -0.05) is 18.5 Å².